The van der Waals surface area contributed by atoms with Crippen molar-refractivity contribution in [3.63, 3.8) is 0 Å². The first-order chi connectivity index (χ1) is 34.2. The van der Waals surface area contributed by atoms with Gasteiger partial charge in [0.05, 0.1) is 22.1 Å². The van der Waals surface area contributed by atoms with E-state index in [2.05, 4.69) is 209 Å². The molecule has 0 bridgehead atoms. The molecule has 4 heterocycles. The summed E-state index contributed by atoms with van der Waals surface area (Å²) in [4.78, 5) is 15.4. The molecule has 0 aliphatic heterocycles. The van der Waals surface area contributed by atoms with Gasteiger partial charge in [0.25, 0.3) is 0 Å². The lowest BCUT2D eigenvalue weighted by Gasteiger charge is -2.12. The normalized spacial score (nSPS) is 11.8. The van der Waals surface area contributed by atoms with Crippen LogP contribution in [0.25, 0.3) is 132 Å². The van der Waals surface area contributed by atoms with Gasteiger partial charge in [0.1, 0.15) is 0 Å². The lowest BCUT2D eigenvalue weighted by atomic mass is 9.96. The fourth-order valence-corrected chi connectivity index (χ4v) is 11.5. The Morgan fingerprint density at radius 2 is 0.739 bits per heavy atom. The molecular formula is C63H39N5S. The van der Waals surface area contributed by atoms with E-state index < -0.39 is 0 Å². The predicted molar refractivity (Wildman–Crippen MR) is 289 cm³/mol. The number of rotatable bonds is 7. The molecule has 0 N–H and O–H groups in total. The monoisotopic (exact) mass is 897 g/mol. The zero-order valence-electron chi connectivity index (χ0n) is 37.2. The van der Waals surface area contributed by atoms with Gasteiger partial charge in [-0.2, -0.15) is 0 Å². The molecule has 69 heavy (non-hydrogen) atoms. The second kappa shape index (κ2) is 15.8. The molecule has 0 atom stereocenters. The number of aromatic nitrogens is 5. The van der Waals surface area contributed by atoms with E-state index in [1.54, 1.807) is 11.3 Å². The van der Waals surface area contributed by atoms with E-state index >= 15 is 0 Å². The molecule has 0 aliphatic carbocycles. The topological polar surface area (TPSA) is 48.5 Å². The van der Waals surface area contributed by atoms with Crippen LogP contribution in [-0.2, 0) is 0 Å². The fraction of sp³-hybridized carbons (Fsp3) is 0. The highest BCUT2D eigenvalue weighted by Gasteiger charge is 2.21. The number of fused-ring (bicyclic) bond motifs is 9. The first-order valence-electron chi connectivity index (χ1n) is 23.3. The van der Waals surface area contributed by atoms with E-state index in [1.165, 1.54) is 64.6 Å². The molecule has 0 unspecified atom stereocenters. The van der Waals surface area contributed by atoms with Crippen molar-refractivity contribution in [3.8, 4) is 67.8 Å². The number of hydrogen-bond donors (Lipinski definition) is 0. The van der Waals surface area contributed by atoms with Crippen LogP contribution in [0.15, 0.2) is 237 Å². The van der Waals surface area contributed by atoms with E-state index in [0.717, 1.165) is 49.5 Å². The minimum absolute atomic E-state index is 0.649. The van der Waals surface area contributed by atoms with E-state index in [9.17, 15) is 0 Å². The maximum atomic E-state index is 5.20. The van der Waals surface area contributed by atoms with Crippen LogP contribution in [0, 0.1) is 0 Å². The summed E-state index contributed by atoms with van der Waals surface area (Å²) in [5.74, 6) is 1.95. The van der Waals surface area contributed by atoms with Crippen molar-refractivity contribution in [2.45, 2.75) is 0 Å². The minimum Gasteiger partial charge on any atom is -0.309 e. The molecule has 0 aliphatic rings. The fourth-order valence-electron chi connectivity index (χ4n) is 10.3. The van der Waals surface area contributed by atoms with Crippen LogP contribution in [0.5, 0.6) is 0 Å². The summed E-state index contributed by atoms with van der Waals surface area (Å²) in [6.07, 6.45) is 0. The van der Waals surface area contributed by atoms with Gasteiger partial charge < -0.3 is 9.13 Å². The number of hydrogen-bond acceptors (Lipinski definition) is 4. The maximum absolute atomic E-state index is 5.20. The average Bonchev–Trinajstić information content (AvgIpc) is 4.08. The molecule has 0 fully saturated rings. The molecule has 0 saturated carbocycles. The molecule has 6 heteroatoms. The van der Waals surface area contributed by atoms with Gasteiger partial charge in [0.15, 0.2) is 17.5 Å². The van der Waals surface area contributed by atoms with Crippen LogP contribution in [0.4, 0.5) is 0 Å². The quantitative estimate of drug-likeness (QED) is 0.160. The second-order valence-electron chi connectivity index (χ2n) is 17.6. The van der Waals surface area contributed by atoms with E-state index in [0.29, 0.717) is 17.5 Å². The van der Waals surface area contributed by atoms with Crippen LogP contribution >= 0.6 is 11.3 Å². The van der Waals surface area contributed by atoms with Crippen LogP contribution in [0.3, 0.4) is 0 Å². The van der Waals surface area contributed by atoms with Crippen molar-refractivity contribution in [2.24, 2.45) is 0 Å². The van der Waals surface area contributed by atoms with Gasteiger partial charge in [-0.25, -0.2) is 15.0 Å². The molecule has 0 saturated heterocycles. The van der Waals surface area contributed by atoms with Crippen LogP contribution in [0.1, 0.15) is 0 Å². The average molecular weight is 898 g/mol. The summed E-state index contributed by atoms with van der Waals surface area (Å²) in [7, 11) is 0. The molecule has 5 nitrogen and oxygen atoms in total. The van der Waals surface area contributed by atoms with Gasteiger partial charge in [-0.15, -0.1) is 11.3 Å². The van der Waals surface area contributed by atoms with Crippen molar-refractivity contribution < 1.29 is 0 Å². The number of nitrogens with zero attached hydrogens (tertiary/aromatic N) is 5. The van der Waals surface area contributed by atoms with Crippen LogP contribution in [0.2, 0.25) is 0 Å². The Balaban J connectivity index is 0.924. The van der Waals surface area contributed by atoms with E-state index in [1.807, 2.05) is 36.4 Å². The highest BCUT2D eigenvalue weighted by atomic mass is 32.1. The molecule has 322 valence electrons. The van der Waals surface area contributed by atoms with E-state index in [4.69, 9.17) is 15.0 Å². The zero-order chi connectivity index (χ0) is 45.4. The van der Waals surface area contributed by atoms with Gasteiger partial charge in [-0.1, -0.05) is 164 Å². The molecule has 0 amide bonds. The van der Waals surface area contributed by atoms with Crippen LogP contribution in [-0.4, -0.2) is 24.1 Å². The van der Waals surface area contributed by atoms with Gasteiger partial charge in [-0.3, -0.25) is 0 Å². The summed E-state index contributed by atoms with van der Waals surface area (Å²) in [6.45, 7) is 0. The number of thiophene rings is 1. The Morgan fingerprint density at radius 3 is 1.38 bits per heavy atom. The lowest BCUT2D eigenvalue weighted by molar-refractivity contribution is 1.08. The van der Waals surface area contributed by atoms with Gasteiger partial charge in [0, 0.05) is 69.8 Å². The first-order valence-corrected chi connectivity index (χ1v) is 24.1. The standard InChI is InChI=1S/C63H39N5S/c1-5-17-42(18-6-1)61-64-62(43-19-7-2-8-20-43)66-63(65-61)54-37-45(36-53-49-26-14-16-28-59(49)69-60(53)54)41-31-29-40(30-32-41)44-33-34-56-50(35-44)52-38-51-48-25-13-15-27-55(48)67(46-21-9-3-10-22-46)57(51)39-58(52)68(56)47-23-11-4-12-24-47/h1-39H. The Bertz CT molecular complexity index is 4210. The summed E-state index contributed by atoms with van der Waals surface area (Å²) in [5.41, 5.74) is 14.5. The summed E-state index contributed by atoms with van der Waals surface area (Å²) < 4.78 is 7.21. The maximum Gasteiger partial charge on any atom is 0.165 e. The smallest absolute Gasteiger partial charge is 0.165 e. The predicted octanol–water partition coefficient (Wildman–Crippen LogP) is 16.8. The van der Waals surface area contributed by atoms with Crippen molar-refractivity contribution in [2.75, 3.05) is 0 Å². The highest BCUT2D eigenvalue weighted by Crippen LogP contribution is 2.44. The molecule has 14 aromatic rings. The van der Waals surface area contributed by atoms with Gasteiger partial charge >= 0.3 is 0 Å². The van der Waals surface area contributed by atoms with Crippen molar-refractivity contribution in [3.05, 3.63) is 237 Å². The summed E-state index contributed by atoms with van der Waals surface area (Å²) in [6, 6.07) is 84.7. The molecule has 10 aromatic carbocycles. The first kappa shape index (κ1) is 39.2. The second-order valence-corrected chi connectivity index (χ2v) is 18.6. The Kier molecular flexibility index (Phi) is 9.00. The van der Waals surface area contributed by atoms with Gasteiger partial charge in [-0.05, 0) is 95.1 Å². The summed E-state index contributed by atoms with van der Waals surface area (Å²) >= 11 is 1.79. The summed E-state index contributed by atoms with van der Waals surface area (Å²) in [5, 5.41) is 7.34. The molecule has 0 radical (unpaired) electrons. The zero-order valence-corrected chi connectivity index (χ0v) is 38.0. The van der Waals surface area contributed by atoms with Crippen molar-refractivity contribution >= 4 is 75.1 Å². The SMILES string of the molecule is c1ccc(-c2nc(-c3ccccc3)nc(-c3cc(-c4ccc(-c5ccc6c(c5)c5cc7c8ccccc8n(-c8ccccc8)c7cc5n6-c5ccccc5)cc4)cc4c3sc3ccccc34)n2)cc1. The third-order valence-corrected chi connectivity index (χ3v) is 14.8. The molecule has 4 aromatic heterocycles. The Labute approximate surface area is 401 Å². The molecule has 14 rings (SSSR count). The van der Waals surface area contributed by atoms with Crippen LogP contribution < -0.4 is 0 Å². The van der Waals surface area contributed by atoms with Gasteiger partial charge in [0.2, 0.25) is 0 Å². The van der Waals surface area contributed by atoms with Crippen molar-refractivity contribution in [1.29, 1.82) is 0 Å². The third kappa shape index (κ3) is 6.49. The Morgan fingerprint density at radius 1 is 0.275 bits per heavy atom. The third-order valence-electron chi connectivity index (χ3n) is 13.6. The van der Waals surface area contributed by atoms with E-state index in [-0.39, 0.29) is 0 Å². The Hall–Kier alpha value is -8.97. The lowest BCUT2D eigenvalue weighted by Crippen LogP contribution is -2.00. The largest absolute Gasteiger partial charge is 0.309 e. The number of para-hydroxylation sites is 3. The minimum atomic E-state index is 0.649. The molecule has 0 spiro atoms. The highest BCUT2D eigenvalue weighted by molar-refractivity contribution is 7.26. The molecular weight excluding hydrogens is 859 g/mol. The number of benzene rings is 10. The van der Waals surface area contributed by atoms with Crippen molar-refractivity contribution in [1.82, 2.24) is 24.1 Å².